The second-order valence-electron chi connectivity index (χ2n) is 4.69. The Morgan fingerprint density at radius 3 is 2.59 bits per heavy atom. The minimum atomic E-state index is 0.308. The Morgan fingerprint density at radius 1 is 1.00 bits per heavy atom. The molecule has 90 valence electrons. The topological polar surface area (TPSA) is 20.2 Å². The van der Waals surface area contributed by atoms with Crippen molar-refractivity contribution >= 4 is 10.8 Å². The third kappa shape index (κ3) is 2.86. The number of rotatable bonds is 5. The van der Waals surface area contributed by atoms with E-state index in [0.29, 0.717) is 12.5 Å². The van der Waals surface area contributed by atoms with Crippen molar-refractivity contribution in [3.05, 3.63) is 48.0 Å². The number of hydrogen-bond acceptors (Lipinski definition) is 1. The zero-order valence-electron chi connectivity index (χ0n) is 10.4. The van der Waals surface area contributed by atoms with E-state index in [1.165, 1.54) is 16.3 Å². The monoisotopic (exact) mass is 228 g/mol. The Kier molecular flexibility index (Phi) is 4.16. The van der Waals surface area contributed by atoms with E-state index >= 15 is 0 Å². The molecule has 0 aliphatic carbocycles. The van der Waals surface area contributed by atoms with Crippen LogP contribution in [0.25, 0.3) is 10.8 Å². The minimum Gasteiger partial charge on any atom is -0.396 e. The molecule has 0 aromatic heterocycles. The molecule has 17 heavy (non-hydrogen) atoms. The molecule has 2 rings (SSSR count). The van der Waals surface area contributed by atoms with Crippen molar-refractivity contribution in [1.82, 2.24) is 0 Å². The average Bonchev–Trinajstić information content (AvgIpc) is 2.38. The van der Waals surface area contributed by atoms with Crippen LogP contribution in [0.2, 0.25) is 0 Å². The molecular weight excluding hydrogens is 208 g/mol. The fourth-order valence-corrected chi connectivity index (χ4v) is 2.40. The molecule has 0 saturated carbocycles. The first-order chi connectivity index (χ1) is 8.33. The Bertz CT molecular complexity index is 470. The van der Waals surface area contributed by atoms with E-state index < -0.39 is 0 Å². The largest absolute Gasteiger partial charge is 0.396 e. The molecule has 2 aromatic rings. The lowest BCUT2D eigenvalue weighted by atomic mass is 9.91. The summed E-state index contributed by atoms with van der Waals surface area (Å²) >= 11 is 0. The SMILES string of the molecule is CC(CCCCO)c1cccc2ccccc12. The molecule has 0 fully saturated rings. The molecule has 0 saturated heterocycles. The van der Waals surface area contributed by atoms with Crippen molar-refractivity contribution in [3.8, 4) is 0 Å². The van der Waals surface area contributed by atoms with Crippen LogP contribution in [0.1, 0.15) is 37.7 Å². The fraction of sp³-hybridized carbons (Fsp3) is 0.375. The van der Waals surface area contributed by atoms with Crippen molar-refractivity contribution in [2.75, 3.05) is 6.61 Å². The van der Waals surface area contributed by atoms with Gasteiger partial charge in [0, 0.05) is 6.61 Å². The molecule has 2 aromatic carbocycles. The van der Waals surface area contributed by atoms with E-state index in [0.717, 1.165) is 19.3 Å². The lowest BCUT2D eigenvalue weighted by Crippen LogP contribution is -1.96. The Morgan fingerprint density at radius 2 is 1.76 bits per heavy atom. The number of aliphatic hydroxyl groups is 1. The summed E-state index contributed by atoms with van der Waals surface area (Å²) in [6.07, 6.45) is 3.16. The van der Waals surface area contributed by atoms with Gasteiger partial charge < -0.3 is 5.11 Å². The van der Waals surface area contributed by atoms with Crippen LogP contribution >= 0.6 is 0 Å². The van der Waals surface area contributed by atoms with Crippen LogP contribution in [-0.2, 0) is 0 Å². The van der Waals surface area contributed by atoms with Gasteiger partial charge in [-0.05, 0) is 35.1 Å². The molecule has 0 bridgehead atoms. The summed E-state index contributed by atoms with van der Waals surface area (Å²) in [6.45, 7) is 2.58. The number of hydrogen-bond donors (Lipinski definition) is 1. The summed E-state index contributed by atoms with van der Waals surface area (Å²) in [4.78, 5) is 0. The van der Waals surface area contributed by atoms with E-state index in [1.54, 1.807) is 0 Å². The maximum absolute atomic E-state index is 8.82. The zero-order valence-corrected chi connectivity index (χ0v) is 10.4. The van der Waals surface area contributed by atoms with E-state index in [2.05, 4.69) is 49.4 Å². The molecule has 0 amide bonds. The third-order valence-electron chi connectivity index (χ3n) is 3.40. The smallest absolute Gasteiger partial charge is 0.0431 e. The normalized spacial score (nSPS) is 12.8. The summed E-state index contributed by atoms with van der Waals surface area (Å²) < 4.78 is 0. The van der Waals surface area contributed by atoms with Gasteiger partial charge in [0.25, 0.3) is 0 Å². The van der Waals surface area contributed by atoms with Gasteiger partial charge in [0.2, 0.25) is 0 Å². The van der Waals surface area contributed by atoms with Crippen molar-refractivity contribution < 1.29 is 5.11 Å². The molecule has 0 aliphatic rings. The summed E-state index contributed by atoms with van der Waals surface area (Å²) in [5, 5.41) is 11.5. The highest BCUT2D eigenvalue weighted by Gasteiger charge is 2.08. The van der Waals surface area contributed by atoms with Crippen LogP contribution in [0, 0.1) is 0 Å². The minimum absolute atomic E-state index is 0.308. The molecule has 0 spiro atoms. The van der Waals surface area contributed by atoms with Gasteiger partial charge in [-0.1, -0.05) is 55.8 Å². The van der Waals surface area contributed by atoms with Crippen LogP contribution in [0.4, 0.5) is 0 Å². The summed E-state index contributed by atoms with van der Waals surface area (Å²) in [7, 11) is 0. The predicted molar refractivity (Wildman–Crippen MR) is 73.3 cm³/mol. The molecular formula is C16H20O. The molecule has 0 aliphatic heterocycles. The number of aliphatic hydroxyl groups excluding tert-OH is 1. The standard InChI is InChI=1S/C16H20O/c1-13(7-4-5-12-17)15-11-6-9-14-8-2-3-10-16(14)15/h2-3,6,8-11,13,17H,4-5,7,12H2,1H3. The summed E-state index contributed by atoms with van der Waals surface area (Å²) in [5.74, 6) is 0.563. The van der Waals surface area contributed by atoms with Crippen LogP contribution in [0.3, 0.4) is 0 Å². The van der Waals surface area contributed by atoms with E-state index in [1.807, 2.05) is 0 Å². The van der Waals surface area contributed by atoms with E-state index in [4.69, 9.17) is 5.11 Å². The van der Waals surface area contributed by atoms with Crippen molar-refractivity contribution in [1.29, 1.82) is 0 Å². The summed E-state index contributed by atoms with van der Waals surface area (Å²) in [5.41, 5.74) is 1.43. The fourth-order valence-electron chi connectivity index (χ4n) is 2.40. The van der Waals surface area contributed by atoms with Crippen LogP contribution in [0.5, 0.6) is 0 Å². The van der Waals surface area contributed by atoms with Gasteiger partial charge in [-0.15, -0.1) is 0 Å². The molecule has 0 heterocycles. The maximum atomic E-state index is 8.82. The summed E-state index contributed by atoms with van der Waals surface area (Å²) in [6, 6.07) is 15.1. The first-order valence-electron chi connectivity index (χ1n) is 6.41. The molecule has 1 unspecified atom stereocenters. The molecule has 1 heteroatoms. The highest BCUT2D eigenvalue weighted by atomic mass is 16.2. The number of benzene rings is 2. The lowest BCUT2D eigenvalue weighted by Gasteiger charge is -2.14. The van der Waals surface area contributed by atoms with Crippen molar-refractivity contribution in [3.63, 3.8) is 0 Å². The highest BCUT2D eigenvalue weighted by molar-refractivity contribution is 5.86. The third-order valence-corrected chi connectivity index (χ3v) is 3.40. The van der Waals surface area contributed by atoms with Gasteiger partial charge in [-0.25, -0.2) is 0 Å². The van der Waals surface area contributed by atoms with Crippen LogP contribution in [-0.4, -0.2) is 11.7 Å². The second-order valence-corrected chi connectivity index (χ2v) is 4.69. The first kappa shape index (κ1) is 12.1. The van der Waals surface area contributed by atoms with E-state index in [9.17, 15) is 0 Å². The van der Waals surface area contributed by atoms with Crippen LogP contribution < -0.4 is 0 Å². The van der Waals surface area contributed by atoms with Crippen molar-refractivity contribution in [2.45, 2.75) is 32.1 Å². The maximum Gasteiger partial charge on any atom is 0.0431 e. The van der Waals surface area contributed by atoms with Crippen molar-refractivity contribution in [2.24, 2.45) is 0 Å². The zero-order chi connectivity index (χ0) is 12.1. The Hall–Kier alpha value is -1.34. The predicted octanol–water partition coefficient (Wildman–Crippen LogP) is 4.11. The highest BCUT2D eigenvalue weighted by Crippen LogP contribution is 2.28. The average molecular weight is 228 g/mol. The van der Waals surface area contributed by atoms with E-state index in [-0.39, 0.29) is 0 Å². The first-order valence-corrected chi connectivity index (χ1v) is 6.41. The molecule has 0 radical (unpaired) electrons. The molecule has 1 N–H and O–H groups in total. The Labute approximate surface area is 103 Å². The van der Waals surface area contributed by atoms with Crippen LogP contribution in [0.15, 0.2) is 42.5 Å². The lowest BCUT2D eigenvalue weighted by molar-refractivity contribution is 0.281. The van der Waals surface area contributed by atoms with Gasteiger partial charge in [0.05, 0.1) is 0 Å². The molecule has 1 nitrogen and oxygen atoms in total. The molecule has 1 atom stereocenters. The van der Waals surface area contributed by atoms with Gasteiger partial charge in [0.1, 0.15) is 0 Å². The Balaban J connectivity index is 2.22. The quantitative estimate of drug-likeness (QED) is 0.764. The van der Waals surface area contributed by atoms with Gasteiger partial charge >= 0.3 is 0 Å². The number of fused-ring (bicyclic) bond motifs is 1. The van der Waals surface area contributed by atoms with Gasteiger partial charge in [0.15, 0.2) is 0 Å². The van der Waals surface area contributed by atoms with Gasteiger partial charge in [-0.2, -0.15) is 0 Å². The number of unbranched alkanes of at least 4 members (excludes halogenated alkanes) is 1. The van der Waals surface area contributed by atoms with Gasteiger partial charge in [-0.3, -0.25) is 0 Å². The second kappa shape index (κ2) is 5.83.